The summed E-state index contributed by atoms with van der Waals surface area (Å²) in [7, 11) is 0. The van der Waals surface area contributed by atoms with Crippen molar-refractivity contribution in [1.82, 2.24) is 0 Å². The Labute approximate surface area is 249 Å². The molecule has 0 saturated heterocycles. The molecule has 4 aromatic carbocycles. The van der Waals surface area contributed by atoms with Gasteiger partial charge in [-0.3, -0.25) is 0 Å². The van der Waals surface area contributed by atoms with Crippen LogP contribution in [0, 0.1) is 0 Å². The minimum atomic E-state index is -1.74. The number of phenolic OH excluding ortho intramolecular Hbond substituents is 8. The summed E-state index contributed by atoms with van der Waals surface area (Å²) in [5.74, 6) is -6.66. The summed E-state index contributed by atoms with van der Waals surface area (Å²) in [5.41, 5.74) is 1.86. The van der Waals surface area contributed by atoms with Crippen LogP contribution in [0.1, 0.15) is 22.3 Å². The first-order valence-corrected chi connectivity index (χ1v) is 12.8. The number of phenols is 8. The Morgan fingerprint density at radius 3 is 1.80 bits per heavy atom. The number of rotatable bonds is 9. The molecule has 4 aromatic rings. The summed E-state index contributed by atoms with van der Waals surface area (Å²) < 4.78 is 5.02. The number of benzene rings is 4. The van der Waals surface area contributed by atoms with Crippen molar-refractivity contribution in [3.63, 3.8) is 0 Å². The van der Waals surface area contributed by atoms with Crippen LogP contribution in [-0.4, -0.2) is 64.0 Å². The van der Waals surface area contributed by atoms with Crippen LogP contribution in [0.2, 0.25) is 0 Å². The second kappa shape index (κ2) is 12.7. The number of carbonyl (C=O) groups is 2. The molecule has 0 amide bonds. The second-order valence-corrected chi connectivity index (χ2v) is 9.57. The van der Waals surface area contributed by atoms with E-state index in [4.69, 9.17) is 4.74 Å². The Hall–Kier alpha value is -6.30. The van der Waals surface area contributed by atoms with Crippen molar-refractivity contribution in [2.45, 2.75) is 12.5 Å². The lowest BCUT2D eigenvalue weighted by molar-refractivity contribution is -0.160. The SMILES string of the molecule is O=C(C=Cc1cc(O)c(O)cc1C=Cc1cc(O)c(O)cc1-c1cccc(O)c1)O[C@H](Cc1cc(O)c(O)c(O)c1)C(=O)O. The van der Waals surface area contributed by atoms with Crippen molar-refractivity contribution < 1.29 is 60.3 Å². The molecule has 0 spiro atoms. The normalized spacial score (nSPS) is 12.0. The molecule has 0 aliphatic carbocycles. The maximum absolute atomic E-state index is 12.5. The van der Waals surface area contributed by atoms with E-state index in [9.17, 15) is 55.5 Å². The predicted molar refractivity (Wildman–Crippen MR) is 157 cm³/mol. The van der Waals surface area contributed by atoms with Gasteiger partial charge < -0.3 is 50.7 Å². The molecule has 1 atom stereocenters. The van der Waals surface area contributed by atoms with Crippen molar-refractivity contribution in [2.24, 2.45) is 0 Å². The number of carboxylic acids is 1. The van der Waals surface area contributed by atoms with Gasteiger partial charge in [0.25, 0.3) is 0 Å². The number of hydrogen-bond acceptors (Lipinski definition) is 11. The summed E-state index contributed by atoms with van der Waals surface area (Å²) in [6.07, 6.45) is 2.89. The molecule has 226 valence electrons. The topological polar surface area (TPSA) is 225 Å². The number of hydrogen-bond donors (Lipinski definition) is 9. The number of ether oxygens (including phenoxy) is 1. The molecular weight excluding hydrogens is 576 g/mol. The van der Waals surface area contributed by atoms with Crippen LogP contribution in [0.4, 0.5) is 0 Å². The van der Waals surface area contributed by atoms with Gasteiger partial charge in [0.05, 0.1) is 0 Å². The zero-order valence-corrected chi connectivity index (χ0v) is 22.6. The van der Waals surface area contributed by atoms with Crippen LogP contribution in [0.15, 0.2) is 66.7 Å². The number of aliphatic carboxylic acids is 1. The molecule has 0 unspecified atom stereocenters. The van der Waals surface area contributed by atoms with Gasteiger partial charge in [0.15, 0.2) is 40.2 Å². The molecule has 4 rings (SSSR count). The monoisotopic (exact) mass is 602 g/mol. The maximum Gasteiger partial charge on any atom is 0.345 e. The lowest BCUT2D eigenvalue weighted by Crippen LogP contribution is -2.28. The van der Waals surface area contributed by atoms with Crippen LogP contribution in [0.25, 0.3) is 29.4 Å². The molecule has 0 aliphatic rings. The smallest absolute Gasteiger partial charge is 0.345 e. The molecule has 0 radical (unpaired) electrons. The molecular formula is C32H26O12. The van der Waals surface area contributed by atoms with Crippen molar-refractivity contribution in [1.29, 1.82) is 0 Å². The van der Waals surface area contributed by atoms with Gasteiger partial charge in [0, 0.05) is 12.5 Å². The summed E-state index contributed by atoms with van der Waals surface area (Å²) in [4.78, 5) is 24.2. The minimum absolute atomic E-state index is 0.0303. The first-order chi connectivity index (χ1) is 20.8. The van der Waals surface area contributed by atoms with Crippen molar-refractivity contribution >= 4 is 30.2 Å². The van der Waals surface area contributed by atoms with Gasteiger partial charge in [-0.2, -0.15) is 0 Å². The van der Waals surface area contributed by atoms with E-state index in [0.717, 1.165) is 24.3 Å². The summed E-state index contributed by atoms with van der Waals surface area (Å²) >= 11 is 0. The first kappa shape index (κ1) is 30.7. The highest BCUT2D eigenvalue weighted by molar-refractivity contribution is 5.91. The zero-order valence-electron chi connectivity index (χ0n) is 22.6. The third-order valence-electron chi connectivity index (χ3n) is 6.41. The summed E-state index contributed by atoms with van der Waals surface area (Å²) in [5, 5.41) is 88.6. The number of esters is 1. The Morgan fingerprint density at radius 2 is 1.20 bits per heavy atom. The predicted octanol–water partition coefficient (Wildman–Crippen LogP) is 4.42. The summed E-state index contributed by atoms with van der Waals surface area (Å²) in [6.45, 7) is 0. The molecule has 0 aromatic heterocycles. The highest BCUT2D eigenvalue weighted by Crippen LogP contribution is 2.38. The fourth-order valence-corrected chi connectivity index (χ4v) is 4.24. The molecule has 44 heavy (non-hydrogen) atoms. The van der Waals surface area contributed by atoms with Gasteiger partial charge in [-0.1, -0.05) is 24.3 Å². The molecule has 0 heterocycles. The Morgan fingerprint density at radius 1 is 0.659 bits per heavy atom. The zero-order chi connectivity index (χ0) is 32.1. The van der Waals surface area contributed by atoms with Crippen molar-refractivity contribution in [3.8, 4) is 57.1 Å². The first-order valence-electron chi connectivity index (χ1n) is 12.8. The van der Waals surface area contributed by atoms with Crippen LogP contribution in [-0.2, 0) is 20.7 Å². The van der Waals surface area contributed by atoms with Gasteiger partial charge >= 0.3 is 11.9 Å². The van der Waals surface area contributed by atoms with E-state index in [1.54, 1.807) is 12.1 Å². The third-order valence-corrected chi connectivity index (χ3v) is 6.41. The van der Waals surface area contributed by atoms with E-state index in [0.29, 0.717) is 16.7 Å². The van der Waals surface area contributed by atoms with Gasteiger partial charge in [0.2, 0.25) is 6.10 Å². The van der Waals surface area contributed by atoms with Crippen LogP contribution in [0.3, 0.4) is 0 Å². The molecule has 0 fully saturated rings. The second-order valence-electron chi connectivity index (χ2n) is 9.57. The number of carbonyl (C=O) groups excluding carboxylic acids is 1. The average molecular weight is 603 g/mol. The lowest BCUT2D eigenvalue weighted by Gasteiger charge is -2.13. The lowest BCUT2D eigenvalue weighted by atomic mass is 9.97. The van der Waals surface area contributed by atoms with E-state index < -0.39 is 64.7 Å². The van der Waals surface area contributed by atoms with Gasteiger partial charge in [-0.25, -0.2) is 9.59 Å². The van der Waals surface area contributed by atoms with E-state index in [1.807, 2.05) is 0 Å². The van der Waals surface area contributed by atoms with Gasteiger partial charge in [-0.15, -0.1) is 0 Å². The maximum atomic E-state index is 12.5. The quantitative estimate of drug-likeness (QED) is 0.0562. The molecule has 12 heteroatoms. The number of carboxylic acid groups (broad SMARTS) is 1. The molecule has 0 aliphatic heterocycles. The Bertz CT molecular complexity index is 1780. The largest absolute Gasteiger partial charge is 0.508 e. The van der Waals surface area contributed by atoms with Gasteiger partial charge in [-0.05, 0) is 88.0 Å². The van der Waals surface area contributed by atoms with Gasteiger partial charge in [0.1, 0.15) is 5.75 Å². The van der Waals surface area contributed by atoms with Crippen LogP contribution in [0.5, 0.6) is 46.0 Å². The molecule has 9 N–H and O–H groups in total. The molecule has 0 bridgehead atoms. The molecule has 12 nitrogen and oxygen atoms in total. The highest BCUT2D eigenvalue weighted by atomic mass is 16.6. The van der Waals surface area contributed by atoms with Crippen LogP contribution >= 0.6 is 0 Å². The third kappa shape index (κ3) is 7.12. The Kier molecular flexibility index (Phi) is 8.84. The fourth-order valence-electron chi connectivity index (χ4n) is 4.24. The standard InChI is InChI=1S/C32H26O12/c33-21-3-1-2-19(11-21)22-15-26(37)25(36)14-20(22)5-4-17-12-23(34)24(35)13-18(17)6-7-30(40)44-29(32(42)43)10-16-8-27(38)31(41)28(39)9-16/h1-9,11-15,29,33-39,41H,10H2,(H,42,43)/t29-/m1/s1. The van der Waals surface area contributed by atoms with Crippen molar-refractivity contribution in [3.05, 3.63) is 89.0 Å². The van der Waals surface area contributed by atoms with Crippen molar-refractivity contribution in [2.75, 3.05) is 0 Å². The van der Waals surface area contributed by atoms with E-state index in [-0.39, 0.29) is 22.4 Å². The molecule has 0 saturated carbocycles. The Balaban J connectivity index is 1.61. The van der Waals surface area contributed by atoms with E-state index in [2.05, 4.69) is 0 Å². The summed E-state index contributed by atoms with van der Waals surface area (Å²) in [6, 6.07) is 13.1. The highest BCUT2D eigenvalue weighted by Gasteiger charge is 2.23. The minimum Gasteiger partial charge on any atom is -0.508 e. The van der Waals surface area contributed by atoms with Crippen LogP contribution < -0.4 is 0 Å². The number of aromatic hydroxyl groups is 8. The average Bonchev–Trinajstić information content (AvgIpc) is 2.96. The fraction of sp³-hybridized carbons (Fsp3) is 0.0625. The van der Waals surface area contributed by atoms with E-state index >= 15 is 0 Å². The van der Waals surface area contributed by atoms with E-state index in [1.165, 1.54) is 48.6 Å².